The number of halogens is 1. The zero-order chi connectivity index (χ0) is 14.6. The zero-order valence-corrected chi connectivity index (χ0v) is 13.8. The van der Waals surface area contributed by atoms with E-state index in [2.05, 4.69) is 15.9 Å². The lowest BCUT2D eigenvalue weighted by Gasteiger charge is -2.30. The number of carbonyl (C=O) groups excluding carboxylic acids is 1. The van der Waals surface area contributed by atoms with E-state index in [4.69, 9.17) is 4.74 Å². The van der Waals surface area contributed by atoms with Crippen LogP contribution in [0.5, 0.6) is 0 Å². The number of hydrogen-bond acceptors (Lipinski definition) is 2. The van der Waals surface area contributed by atoms with Crippen LogP contribution in [0.4, 0.5) is 4.79 Å². The van der Waals surface area contributed by atoms with Gasteiger partial charge in [-0.2, -0.15) is 0 Å². The van der Waals surface area contributed by atoms with E-state index < -0.39 is 5.60 Å². The third kappa shape index (κ3) is 5.64. The minimum absolute atomic E-state index is 0.0958. The van der Waals surface area contributed by atoms with Crippen molar-refractivity contribution < 1.29 is 9.53 Å². The molecule has 0 atom stereocenters. The van der Waals surface area contributed by atoms with Gasteiger partial charge in [-0.1, -0.05) is 28.1 Å². The van der Waals surface area contributed by atoms with Crippen molar-refractivity contribution in [1.29, 1.82) is 0 Å². The molecule has 0 N–H and O–H groups in total. The van der Waals surface area contributed by atoms with Gasteiger partial charge in [-0.3, -0.25) is 0 Å². The van der Waals surface area contributed by atoms with Gasteiger partial charge in [0.1, 0.15) is 5.60 Å². The van der Waals surface area contributed by atoms with Crippen LogP contribution in [-0.2, 0) is 11.3 Å². The highest BCUT2D eigenvalue weighted by molar-refractivity contribution is 9.10. The van der Waals surface area contributed by atoms with Gasteiger partial charge in [0.2, 0.25) is 0 Å². The second-order valence-electron chi connectivity index (χ2n) is 5.83. The molecule has 0 spiro atoms. The van der Waals surface area contributed by atoms with Gasteiger partial charge in [0.25, 0.3) is 0 Å². The number of hydrogen-bond donors (Lipinski definition) is 0. The second kappa shape index (κ2) is 6.42. The Hall–Kier alpha value is -1.03. The molecule has 0 aliphatic heterocycles. The molecule has 0 aromatic heterocycles. The molecule has 0 radical (unpaired) electrons. The summed E-state index contributed by atoms with van der Waals surface area (Å²) in [5.74, 6) is 0. The molecule has 0 saturated carbocycles. The van der Waals surface area contributed by atoms with Gasteiger partial charge in [-0.25, -0.2) is 4.79 Å². The van der Waals surface area contributed by atoms with Gasteiger partial charge in [-0.15, -0.1) is 0 Å². The molecule has 1 amide bonds. The molecular formula is C15H22BrNO2. The lowest BCUT2D eigenvalue weighted by Crippen LogP contribution is -2.40. The van der Waals surface area contributed by atoms with Crippen LogP contribution in [0.25, 0.3) is 0 Å². The Morgan fingerprint density at radius 1 is 1.26 bits per heavy atom. The molecule has 4 heteroatoms. The number of nitrogens with zero attached hydrogens (tertiary/aromatic N) is 1. The standard InChI is InChI=1S/C15H22BrNO2/c1-11(2)17(14(18)19-15(3,4)5)10-12-6-8-13(16)9-7-12/h6-9,11H,10H2,1-5H3. The van der Waals surface area contributed by atoms with Crippen LogP contribution < -0.4 is 0 Å². The first kappa shape index (κ1) is 16.0. The second-order valence-corrected chi connectivity index (χ2v) is 6.74. The van der Waals surface area contributed by atoms with E-state index in [1.807, 2.05) is 58.9 Å². The molecule has 19 heavy (non-hydrogen) atoms. The molecule has 3 nitrogen and oxygen atoms in total. The molecule has 1 aromatic rings. The summed E-state index contributed by atoms with van der Waals surface area (Å²) < 4.78 is 6.47. The highest BCUT2D eigenvalue weighted by atomic mass is 79.9. The average Bonchev–Trinajstić information content (AvgIpc) is 2.25. The fourth-order valence-electron chi connectivity index (χ4n) is 1.57. The molecule has 0 aliphatic carbocycles. The van der Waals surface area contributed by atoms with Gasteiger partial charge >= 0.3 is 6.09 Å². The molecule has 106 valence electrons. The molecule has 0 aliphatic rings. The van der Waals surface area contributed by atoms with Crippen molar-refractivity contribution in [2.45, 2.75) is 52.8 Å². The minimum atomic E-state index is -0.468. The van der Waals surface area contributed by atoms with Crippen LogP contribution in [0.15, 0.2) is 28.7 Å². The monoisotopic (exact) mass is 327 g/mol. The Kier molecular flexibility index (Phi) is 5.41. The Labute approximate surface area is 124 Å². The van der Waals surface area contributed by atoms with Crippen LogP contribution in [-0.4, -0.2) is 22.6 Å². The van der Waals surface area contributed by atoms with Crippen molar-refractivity contribution >= 4 is 22.0 Å². The van der Waals surface area contributed by atoms with Gasteiger partial charge in [0.05, 0.1) is 0 Å². The first-order chi connectivity index (χ1) is 8.69. The van der Waals surface area contributed by atoms with Crippen molar-refractivity contribution in [2.24, 2.45) is 0 Å². The van der Waals surface area contributed by atoms with E-state index in [-0.39, 0.29) is 12.1 Å². The molecule has 0 unspecified atom stereocenters. The third-order valence-electron chi connectivity index (χ3n) is 2.52. The number of amides is 1. The highest BCUT2D eigenvalue weighted by Gasteiger charge is 2.24. The number of benzene rings is 1. The van der Waals surface area contributed by atoms with Gasteiger partial charge in [0.15, 0.2) is 0 Å². The smallest absolute Gasteiger partial charge is 0.410 e. The highest BCUT2D eigenvalue weighted by Crippen LogP contribution is 2.16. The summed E-state index contributed by atoms with van der Waals surface area (Å²) in [7, 11) is 0. The van der Waals surface area contributed by atoms with E-state index >= 15 is 0 Å². The molecule has 0 heterocycles. The largest absolute Gasteiger partial charge is 0.444 e. The van der Waals surface area contributed by atoms with Gasteiger partial charge in [0, 0.05) is 17.1 Å². The normalized spacial score (nSPS) is 11.5. The Morgan fingerprint density at radius 2 is 1.79 bits per heavy atom. The summed E-state index contributed by atoms with van der Waals surface area (Å²) >= 11 is 3.40. The molecule has 1 aromatic carbocycles. The predicted molar refractivity (Wildman–Crippen MR) is 81.1 cm³/mol. The maximum atomic E-state index is 12.2. The van der Waals surface area contributed by atoms with Crippen molar-refractivity contribution in [3.63, 3.8) is 0 Å². The first-order valence-corrected chi connectivity index (χ1v) is 7.22. The maximum Gasteiger partial charge on any atom is 0.410 e. The summed E-state index contributed by atoms with van der Waals surface area (Å²) in [6, 6.07) is 8.05. The fourth-order valence-corrected chi connectivity index (χ4v) is 1.83. The van der Waals surface area contributed by atoms with Crippen LogP contribution in [0.3, 0.4) is 0 Å². The van der Waals surface area contributed by atoms with Crippen molar-refractivity contribution in [1.82, 2.24) is 4.90 Å². The average molecular weight is 328 g/mol. The maximum absolute atomic E-state index is 12.2. The van der Waals surface area contributed by atoms with Crippen LogP contribution in [0.1, 0.15) is 40.2 Å². The van der Waals surface area contributed by atoms with Crippen molar-refractivity contribution in [3.05, 3.63) is 34.3 Å². The molecule has 0 bridgehead atoms. The number of carbonyl (C=O) groups is 1. The van der Waals surface area contributed by atoms with E-state index in [1.165, 1.54) is 0 Å². The first-order valence-electron chi connectivity index (χ1n) is 6.43. The van der Waals surface area contributed by atoms with E-state index in [9.17, 15) is 4.79 Å². The quantitative estimate of drug-likeness (QED) is 0.812. The number of rotatable bonds is 3. The van der Waals surface area contributed by atoms with Crippen LogP contribution in [0, 0.1) is 0 Å². The molecular weight excluding hydrogens is 306 g/mol. The minimum Gasteiger partial charge on any atom is -0.444 e. The topological polar surface area (TPSA) is 29.5 Å². The summed E-state index contributed by atoms with van der Waals surface area (Å²) in [5.41, 5.74) is 0.618. The summed E-state index contributed by atoms with van der Waals surface area (Å²) in [4.78, 5) is 13.9. The fraction of sp³-hybridized carbons (Fsp3) is 0.533. The lowest BCUT2D eigenvalue weighted by molar-refractivity contribution is 0.0172. The lowest BCUT2D eigenvalue weighted by atomic mass is 10.2. The Bertz CT molecular complexity index is 421. The van der Waals surface area contributed by atoms with Crippen LogP contribution in [0.2, 0.25) is 0 Å². The Morgan fingerprint density at radius 3 is 2.21 bits per heavy atom. The number of ether oxygens (including phenoxy) is 1. The third-order valence-corrected chi connectivity index (χ3v) is 3.05. The SMILES string of the molecule is CC(C)N(Cc1ccc(Br)cc1)C(=O)OC(C)(C)C. The van der Waals surface area contributed by atoms with E-state index in [0.717, 1.165) is 10.0 Å². The van der Waals surface area contributed by atoms with Crippen molar-refractivity contribution in [3.8, 4) is 0 Å². The van der Waals surface area contributed by atoms with Crippen molar-refractivity contribution in [2.75, 3.05) is 0 Å². The summed E-state index contributed by atoms with van der Waals surface area (Å²) in [6.07, 6.45) is -0.273. The zero-order valence-electron chi connectivity index (χ0n) is 12.2. The van der Waals surface area contributed by atoms with Gasteiger partial charge in [-0.05, 0) is 52.3 Å². The molecule has 1 rings (SSSR count). The Balaban J connectivity index is 2.78. The molecule has 0 saturated heterocycles. The van der Waals surface area contributed by atoms with E-state index in [0.29, 0.717) is 6.54 Å². The predicted octanol–water partition coefficient (Wildman–Crippen LogP) is 4.59. The van der Waals surface area contributed by atoms with Crippen LogP contribution >= 0.6 is 15.9 Å². The summed E-state index contributed by atoms with van der Waals surface area (Å²) in [5, 5.41) is 0. The van der Waals surface area contributed by atoms with E-state index in [1.54, 1.807) is 4.90 Å². The summed E-state index contributed by atoms with van der Waals surface area (Å²) in [6.45, 7) is 10.2. The van der Waals surface area contributed by atoms with Gasteiger partial charge < -0.3 is 9.64 Å². The molecule has 0 fully saturated rings.